The van der Waals surface area contributed by atoms with Gasteiger partial charge in [-0.1, -0.05) is 15.9 Å². The molecule has 110 valence electrons. The van der Waals surface area contributed by atoms with Gasteiger partial charge in [-0.3, -0.25) is 4.79 Å². The Hall–Kier alpha value is -1.60. The van der Waals surface area contributed by atoms with Crippen molar-refractivity contribution in [2.75, 3.05) is 17.7 Å². The second kappa shape index (κ2) is 6.91. The number of nitrogens with one attached hydrogen (secondary N) is 1. The van der Waals surface area contributed by atoms with Crippen LogP contribution in [-0.2, 0) is 4.79 Å². The lowest BCUT2D eigenvalue weighted by Gasteiger charge is -2.10. The van der Waals surface area contributed by atoms with Crippen molar-refractivity contribution >= 4 is 49.1 Å². The van der Waals surface area contributed by atoms with Crippen molar-refractivity contribution < 1.29 is 13.9 Å². The normalized spacial score (nSPS) is 10.2. The maximum Gasteiger partial charge on any atom is 0.262 e. The molecule has 0 aliphatic heterocycles. The molecule has 2 rings (SSSR count). The average Bonchev–Trinajstić information content (AvgIpc) is 2.44. The molecule has 2 aromatic carbocycles. The van der Waals surface area contributed by atoms with Gasteiger partial charge < -0.3 is 15.8 Å². The van der Waals surface area contributed by atoms with Gasteiger partial charge in [0.15, 0.2) is 6.61 Å². The molecule has 7 heteroatoms. The number of nitrogens with two attached hydrogens (primary N) is 1. The summed E-state index contributed by atoms with van der Waals surface area (Å²) in [4.78, 5) is 11.7. The first kappa shape index (κ1) is 15.8. The summed E-state index contributed by atoms with van der Waals surface area (Å²) in [6.45, 7) is -0.263. The largest absolute Gasteiger partial charge is 0.481 e. The van der Waals surface area contributed by atoms with Gasteiger partial charge in [0.2, 0.25) is 0 Å². The van der Waals surface area contributed by atoms with Gasteiger partial charge in [0.05, 0.1) is 10.2 Å². The summed E-state index contributed by atoms with van der Waals surface area (Å²) in [5, 5.41) is 2.66. The Kier molecular flexibility index (Phi) is 5.19. The molecule has 0 fully saturated rings. The van der Waals surface area contributed by atoms with E-state index in [2.05, 4.69) is 37.2 Å². The number of carbonyl (C=O) groups is 1. The zero-order valence-electron chi connectivity index (χ0n) is 10.7. The highest BCUT2D eigenvalue weighted by atomic mass is 79.9. The minimum absolute atomic E-state index is 0.127. The molecule has 0 heterocycles. The van der Waals surface area contributed by atoms with Crippen LogP contribution in [-0.4, -0.2) is 12.5 Å². The minimum atomic E-state index is -0.507. The Bertz CT molecular complexity index is 663. The van der Waals surface area contributed by atoms with Crippen molar-refractivity contribution in [1.29, 1.82) is 0 Å². The van der Waals surface area contributed by atoms with Crippen LogP contribution >= 0.6 is 31.9 Å². The van der Waals surface area contributed by atoms with Crippen LogP contribution in [0, 0.1) is 5.82 Å². The van der Waals surface area contributed by atoms with E-state index in [1.54, 1.807) is 24.3 Å². The van der Waals surface area contributed by atoms with Crippen LogP contribution in [0.3, 0.4) is 0 Å². The summed E-state index contributed by atoms with van der Waals surface area (Å²) < 4.78 is 19.8. The van der Waals surface area contributed by atoms with Gasteiger partial charge in [0.25, 0.3) is 5.91 Å². The number of hydrogen-bond donors (Lipinski definition) is 2. The number of hydrogen-bond acceptors (Lipinski definition) is 3. The molecule has 4 nitrogen and oxygen atoms in total. The molecule has 0 unspecified atom stereocenters. The van der Waals surface area contributed by atoms with Gasteiger partial charge in [-0.05, 0) is 46.3 Å². The molecule has 21 heavy (non-hydrogen) atoms. The van der Waals surface area contributed by atoms with Crippen LogP contribution < -0.4 is 15.8 Å². The van der Waals surface area contributed by atoms with E-state index < -0.39 is 5.82 Å². The summed E-state index contributed by atoms with van der Waals surface area (Å²) >= 11 is 6.32. The van der Waals surface area contributed by atoms with Gasteiger partial charge in [0.1, 0.15) is 11.6 Å². The fourth-order valence-corrected chi connectivity index (χ4v) is 2.17. The number of halogens is 3. The molecule has 0 aliphatic rings. The molecular formula is C14H11Br2FN2O2. The number of benzene rings is 2. The fourth-order valence-electron chi connectivity index (χ4n) is 1.54. The van der Waals surface area contributed by atoms with Crippen molar-refractivity contribution in [1.82, 2.24) is 0 Å². The topological polar surface area (TPSA) is 64.3 Å². The molecule has 0 aromatic heterocycles. The number of ether oxygens (including phenoxy) is 1. The standard InChI is InChI=1S/C14H11Br2FN2O2/c15-8-1-3-9(4-2-8)19-14(20)7-21-13-6-11(17)10(16)5-12(13)18/h1-6H,7,18H2,(H,19,20). The highest BCUT2D eigenvalue weighted by Gasteiger charge is 2.09. The van der Waals surface area contributed by atoms with Gasteiger partial charge in [0, 0.05) is 16.2 Å². The summed E-state index contributed by atoms with van der Waals surface area (Å²) in [7, 11) is 0. The van der Waals surface area contributed by atoms with Crippen LogP contribution in [0.2, 0.25) is 0 Å². The monoisotopic (exact) mass is 416 g/mol. The molecule has 0 atom stereocenters. The predicted molar refractivity (Wildman–Crippen MR) is 86.8 cm³/mol. The number of amides is 1. The molecule has 0 aliphatic carbocycles. The third kappa shape index (κ3) is 4.44. The first-order chi connectivity index (χ1) is 9.95. The predicted octanol–water partition coefficient (Wildman–Crippen LogP) is 3.95. The summed E-state index contributed by atoms with van der Waals surface area (Å²) in [5.74, 6) is -0.741. The zero-order chi connectivity index (χ0) is 15.4. The highest BCUT2D eigenvalue weighted by Crippen LogP contribution is 2.28. The smallest absolute Gasteiger partial charge is 0.262 e. The Morgan fingerprint density at radius 3 is 2.57 bits per heavy atom. The summed E-state index contributed by atoms with van der Waals surface area (Å²) in [5.41, 5.74) is 6.58. The van der Waals surface area contributed by atoms with E-state index in [4.69, 9.17) is 10.5 Å². The van der Waals surface area contributed by atoms with Crippen molar-refractivity contribution in [3.8, 4) is 5.75 Å². The van der Waals surface area contributed by atoms with Crippen LogP contribution in [0.25, 0.3) is 0 Å². The number of carbonyl (C=O) groups excluding carboxylic acids is 1. The third-order valence-corrected chi connectivity index (χ3v) is 3.68. The average molecular weight is 418 g/mol. The molecular weight excluding hydrogens is 407 g/mol. The maximum atomic E-state index is 13.4. The lowest BCUT2D eigenvalue weighted by atomic mass is 10.3. The lowest BCUT2D eigenvalue weighted by Crippen LogP contribution is -2.20. The van der Waals surface area contributed by atoms with Crippen LogP contribution in [0.15, 0.2) is 45.3 Å². The number of nitrogen functional groups attached to an aromatic ring is 1. The Morgan fingerprint density at radius 1 is 1.24 bits per heavy atom. The molecule has 0 saturated carbocycles. The van der Waals surface area contributed by atoms with Crippen LogP contribution in [0.1, 0.15) is 0 Å². The van der Waals surface area contributed by atoms with Gasteiger partial charge in [-0.2, -0.15) is 0 Å². The molecule has 3 N–H and O–H groups in total. The quantitative estimate of drug-likeness (QED) is 0.740. The fraction of sp³-hybridized carbons (Fsp3) is 0.0714. The highest BCUT2D eigenvalue weighted by molar-refractivity contribution is 9.10. The molecule has 0 spiro atoms. The lowest BCUT2D eigenvalue weighted by molar-refractivity contribution is -0.118. The summed E-state index contributed by atoms with van der Waals surface area (Å²) in [6.07, 6.45) is 0. The Labute approximate surface area is 137 Å². The molecule has 1 amide bonds. The van der Waals surface area contributed by atoms with Crippen molar-refractivity contribution in [2.24, 2.45) is 0 Å². The van der Waals surface area contributed by atoms with Gasteiger partial charge >= 0.3 is 0 Å². The number of anilines is 2. The van der Waals surface area contributed by atoms with E-state index in [1.165, 1.54) is 6.07 Å². The molecule has 0 saturated heterocycles. The molecule has 2 aromatic rings. The van der Waals surface area contributed by atoms with E-state index in [1.807, 2.05) is 0 Å². The molecule has 0 radical (unpaired) electrons. The van der Waals surface area contributed by atoms with Crippen LogP contribution in [0.5, 0.6) is 5.75 Å². The Balaban J connectivity index is 1.95. The van der Waals surface area contributed by atoms with Crippen molar-refractivity contribution in [3.63, 3.8) is 0 Å². The van der Waals surface area contributed by atoms with Crippen molar-refractivity contribution in [3.05, 3.63) is 51.2 Å². The van der Waals surface area contributed by atoms with E-state index in [0.717, 1.165) is 10.5 Å². The van der Waals surface area contributed by atoms with Gasteiger partial charge in [-0.15, -0.1) is 0 Å². The third-order valence-electron chi connectivity index (χ3n) is 2.54. The zero-order valence-corrected chi connectivity index (χ0v) is 13.9. The van der Waals surface area contributed by atoms with E-state index in [0.29, 0.717) is 5.69 Å². The van der Waals surface area contributed by atoms with Crippen molar-refractivity contribution in [2.45, 2.75) is 0 Å². The molecule has 0 bridgehead atoms. The summed E-state index contributed by atoms with van der Waals surface area (Å²) in [6, 6.07) is 9.62. The van der Waals surface area contributed by atoms with E-state index in [-0.39, 0.29) is 28.4 Å². The van der Waals surface area contributed by atoms with Gasteiger partial charge in [-0.25, -0.2) is 4.39 Å². The maximum absolute atomic E-state index is 13.4. The van der Waals surface area contributed by atoms with E-state index >= 15 is 0 Å². The first-order valence-corrected chi connectivity index (χ1v) is 7.47. The minimum Gasteiger partial charge on any atom is -0.481 e. The second-order valence-corrected chi connectivity index (χ2v) is 5.92. The second-order valence-electron chi connectivity index (χ2n) is 4.15. The van der Waals surface area contributed by atoms with Crippen LogP contribution in [0.4, 0.5) is 15.8 Å². The number of rotatable bonds is 4. The first-order valence-electron chi connectivity index (χ1n) is 5.88. The van der Waals surface area contributed by atoms with E-state index in [9.17, 15) is 9.18 Å². The SMILES string of the molecule is Nc1cc(Br)c(F)cc1OCC(=O)Nc1ccc(Br)cc1. The Morgan fingerprint density at radius 2 is 1.90 bits per heavy atom.